The molecule has 2 atom stereocenters. The van der Waals surface area contributed by atoms with Gasteiger partial charge < -0.3 is 15.0 Å². The maximum atomic E-state index is 11.7. The van der Waals surface area contributed by atoms with Crippen LogP contribution < -0.4 is 5.32 Å². The highest BCUT2D eigenvalue weighted by Gasteiger charge is 2.35. The molecule has 1 saturated carbocycles. The number of ether oxygens (including phenoxy) is 1. The minimum absolute atomic E-state index is 0.0371. The number of hydrogen-bond donors (Lipinski definition) is 1. The van der Waals surface area contributed by atoms with Crippen LogP contribution in [0.3, 0.4) is 0 Å². The van der Waals surface area contributed by atoms with Crippen molar-refractivity contribution in [3.05, 3.63) is 0 Å². The fraction of sp³-hybridized carbons (Fsp3) is 0.867. The molecule has 2 rings (SSSR count). The van der Waals surface area contributed by atoms with Crippen LogP contribution in [0.25, 0.3) is 0 Å². The van der Waals surface area contributed by atoms with Crippen LogP contribution in [0.1, 0.15) is 40.0 Å². The summed E-state index contributed by atoms with van der Waals surface area (Å²) in [5.74, 6) is 1.80. The number of rotatable bonds is 4. The Morgan fingerprint density at radius 1 is 1.35 bits per heavy atom. The molecule has 1 aliphatic heterocycles. The minimum atomic E-state index is -0.0371. The summed E-state index contributed by atoms with van der Waals surface area (Å²) in [6.07, 6.45) is 2.97. The Kier molecular flexibility index (Phi) is 5.26. The van der Waals surface area contributed by atoms with E-state index in [4.69, 9.17) is 4.74 Å². The molecule has 0 aromatic heterocycles. The third kappa shape index (κ3) is 3.87. The van der Waals surface area contributed by atoms with Crippen LogP contribution in [0.15, 0.2) is 4.99 Å². The number of likely N-dealkylation sites (tertiary alicyclic amines) is 1. The molecular weight excluding hydrogens is 254 g/mol. The van der Waals surface area contributed by atoms with Gasteiger partial charge in [0.1, 0.15) is 0 Å². The topological polar surface area (TPSA) is 53.9 Å². The lowest BCUT2D eigenvalue weighted by Gasteiger charge is -2.33. The van der Waals surface area contributed by atoms with Gasteiger partial charge in [0, 0.05) is 25.7 Å². The van der Waals surface area contributed by atoms with Crippen molar-refractivity contribution in [1.82, 2.24) is 10.2 Å². The number of nitrogens with zero attached hydrogens (tertiary/aromatic N) is 2. The molecule has 1 aliphatic carbocycles. The molecule has 0 radical (unpaired) electrons. The zero-order chi connectivity index (χ0) is 14.5. The molecule has 2 aliphatic rings. The van der Waals surface area contributed by atoms with Gasteiger partial charge in [-0.1, -0.05) is 6.92 Å². The molecule has 1 heterocycles. The number of carbonyl (C=O) groups is 1. The summed E-state index contributed by atoms with van der Waals surface area (Å²) in [7, 11) is 0. The van der Waals surface area contributed by atoms with Crippen molar-refractivity contribution in [3.63, 3.8) is 0 Å². The predicted octanol–water partition coefficient (Wildman–Crippen LogP) is 1.64. The van der Waals surface area contributed by atoms with E-state index in [9.17, 15) is 4.79 Å². The molecule has 5 heteroatoms. The monoisotopic (exact) mass is 281 g/mol. The lowest BCUT2D eigenvalue weighted by Crippen LogP contribution is -2.47. The van der Waals surface area contributed by atoms with Crippen LogP contribution in [0.4, 0.5) is 0 Å². The number of nitrogens with one attached hydrogen (secondary N) is 1. The lowest BCUT2D eigenvalue weighted by molar-refractivity contribution is -0.149. The van der Waals surface area contributed by atoms with Crippen LogP contribution in [0.2, 0.25) is 0 Å². The summed E-state index contributed by atoms with van der Waals surface area (Å²) >= 11 is 0. The van der Waals surface area contributed by atoms with Gasteiger partial charge in [-0.3, -0.25) is 9.79 Å². The molecule has 0 bridgehead atoms. The first-order valence-corrected chi connectivity index (χ1v) is 7.88. The predicted molar refractivity (Wildman–Crippen MR) is 79.6 cm³/mol. The summed E-state index contributed by atoms with van der Waals surface area (Å²) in [5, 5.41) is 3.54. The maximum Gasteiger partial charge on any atom is 0.309 e. The molecule has 0 aromatic rings. The molecule has 2 unspecified atom stereocenters. The van der Waals surface area contributed by atoms with Crippen LogP contribution in [-0.4, -0.2) is 49.1 Å². The highest BCUT2D eigenvalue weighted by atomic mass is 16.5. The van der Waals surface area contributed by atoms with Gasteiger partial charge in [0.05, 0.1) is 12.5 Å². The van der Waals surface area contributed by atoms with Gasteiger partial charge in [0.15, 0.2) is 5.96 Å². The highest BCUT2D eigenvalue weighted by molar-refractivity contribution is 5.81. The van der Waals surface area contributed by atoms with E-state index >= 15 is 0 Å². The van der Waals surface area contributed by atoms with Gasteiger partial charge in [0.2, 0.25) is 0 Å². The molecule has 5 nitrogen and oxygen atoms in total. The van der Waals surface area contributed by atoms with E-state index in [0.717, 1.165) is 44.4 Å². The molecule has 1 N–H and O–H groups in total. The number of carbonyl (C=O) groups excluding carboxylic acids is 1. The Balaban J connectivity index is 1.84. The fourth-order valence-electron chi connectivity index (χ4n) is 2.66. The second-order valence-corrected chi connectivity index (χ2v) is 5.78. The average molecular weight is 281 g/mol. The van der Waals surface area contributed by atoms with Gasteiger partial charge in [-0.15, -0.1) is 0 Å². The average Bonchev–Trinajstić information content (AvgIpc) is 3.14. The van der Waals surface area contributed by atoms with E-state index in [-0.39, 0.29) is 11.9 Å². The molecule has 0 aromatic carbocycles. The first-order chi connectivity index (χ1) is 9.65. The molecule has 114 valence electrons. The zero-order valence-electron chi connectivity index (χ0n) is 12.9. The standard InChI is InChI=1S/C15H27N3O2/c1-4-16-15(17-13-10-11(13)3)18-8-6-12(7-9-18)14(19)20-5-2/h11-13H,4-10H2,1-3H3,(H,16,17). The summed E-state index contributed by atoms with van der Waals surface area (Å²) < 4.78 is 5.11. The third-order valence-electron chi connectivity index (χ3n) is 4.15. The Bertz CT molecular complexity index is 362. The van der Waals surface area contributed by atoms with Gasteiger partial charge in [-0.2, -0.15) is 0 Å². The van der Waals surface area contributed by atoms with Gasteiger partial charge >= 0.3 is 5.97 Å². The zero-order valence-corrected chi connectivity index (χ0v) is 12.9. The molecule has 2 fully saturated rings. The van der Waals surface area contributed by atoms with Crippen LogP contribution in [-0.2, 0) is 9.53 Å². The van der Waals surface area contributed by atoms with E-state index in [1.807, 2.05) is 6.92 Å². The first-order valence-electron chi connectivity index (χ1n) is 7.88. The quantitative estimate of drug-likeness (QED) is 0.483. The SMILES string of the molecule is CCN=C(NC1CC1C)N1CCC(C(=O)OCC)CC1. The Labute approximate surface area is 121 Å². The number of piperidine rings is 1. The molecule has 0 spiro atoms. The van der Waals surface area contributed by atoms with E-state index in [2.05, 4.69) is 29.1 Å². The number of aliphatic imine (C=N–C) groups is 1. The maximum absolute atomic E-state index is 11.7. The van der Waals surface area contributed by atoms with Gasteiger partial charge in [0.25, 0.3) is 0 Å². The van der Waals surface area contributed by atoms with E-state index in [0.29, 0.717) is 12.6 Å². The van der Waals surface area contributed by atoms with Crippen molar-refractivity contribution in [2.75, 3.05) is 26.2 Å². The number of esters is 1. The summed E-state index contributed by atoms with van der Waals surface area (Å²) in [4.78, 5) is 18.6. The van der Waals surface area contributed by atoms with Crippen molar-refractivity contribution >= 4 is 11.9 Å². The van der Waals surface area contributed by atoms with Crippen molar-refractivity contribution in [2.45, 2.75) is 46.1 Å². The Hall–Kier alpha value is -1.26. The summed E-state index contributed by atoms with van der Waals surface area (Å²) in [5.41, 5.74) is 0. The van der Waals surface area contributed by atoms with Gasteiger partial charge in [-0.25, -0.2) is 0 Å². The minimum Gasteiger partial charge on any atom is -0.466 e. The third-order valence-corrected chi connectivity index (χ3v) is 4.15. The van der Waals surface area contributed by atoms with Gasteiger partial charge in [-0.05, 0) is 39.0 Å². The van der Waals surface area contributed by atoms with Crippen molar-refractivity contribution in [3.8, 4) is 0 Å². The lowest BCUT2D eigenvalue weighted by atomic mass is 9.97. The Morgan fingerprint density at radius 3 is 2.50 bits per heavy atom. The molecule has 20 heavy (non-hydrogen) atoms. The summed E-state index contributed by atoms with van der Waals surface area (Å²) in [6.45, 7) is 9.22. The molecular formula is C15H27N3O2. The number of guanidine groups is 1. The second-order valence-electron chi connectivity index (χ2n) is 5.78. The van der Waals surface area contributed by atoms with Crippen molar-refractivity contribution < 1.29 is 9.53 Å². The van der Waals surface area contributed by atoms with Crippen LogP contribution >= 0.6 is 0 Å². The fourth-order valence-corrected chi connectivity index (χ4v) is 2.66. The van der Waals surface area contributed by atoms with E-state index in [1.165, 1.54) is 6.42 Å². The Morgan fingerprint density at radius 2 is 2.00 bits per heavy atom. The van der Waals surface area contributed by atoms with E-state index < -0.39 is 0 Å². The smallest absolute Gasteiger partial charge is 0.309 e. The largest absolute Gasteiger partial charge is 0.466 e. The molecule has 1 saturated heterocycles. The number of hydrogen-bond acceptors (Lipinski definition) is 3. The molecule has 0 amide bonds. The van der Waals surface area contributed by atoms with E-state index in [1.54, 1.807) is 0 Å². The first kappa shape index (κ1) is 15.1. The van der Waals surface area contributed by atoms with Crippen LogP contribution in [0.5, 0.6) is 0 Å². The van der Waals surface area contributed by atoms with Crippen LogP contribution in [0, 0.1) is 11.8 Å². The summed E-state index contributed by atoms with van der Waals surface area (Å²) in [6, 6.07) is 0.586. The normalized spacial score (nSPS) is 27.4. The van der Waals surface area contributed by atoms with Crippen molar-refractivity contribution in [1.29, 1.82) is 0 Å². The highest BCUT2D eigenvalue weighted by Crippen LogP contribution is 2.29. The second kappa shape index (κ2) is 6.95. The van der Waals surface area contributed by atoms with Crippen molar-refractivity contribution in [2.24, 2.45) is 16.8 Å².